The molecule has 0 fully saturated rings. The van der Waals surface area contributed by atoms with Crippen LogP contribution < -0.4 is 14.8 Å². The highest BCUT2D eigenvalue weighted by atomic mass is 32.2. The number of amides is 1. The Morgan fingerprint density at radius 2 is 1.83 bits per heavy atom. The summed E-state index contributed by atoms with van der Waals surface area (Å²) in [6, 6.07) is 24.1. The van der Waals surface area contributed by atoms with E-state index in [-0.39, 0.29) is 24.0 Å². The quantitative estimate of drug-likeness (QED) is 0.362. The number of fused-ring (bicyclic) bond motifs is 2. The van der Waals surface area contributed by atoms with Crippen molar-refractivity contribution < 1.29 is 14.3 Å². The van der Waals surface area contributed by atoms with Crippen molar-refractivity contribution in [3.8, 4) is 28.6 Å². The van der Waals surface area contributed by atoms with Crippen LogP contribution in [0.2, 0.25) is 0 Å². The lowest BCUT2D eigenvalue weighted by molar-refractivity contribution is -0.121. The van der Waals surface area contributed by atoms with E-state index in [1.165, 1.54) is 22.9 Å². The first-order valence-electron chi connectivity index (χ1n) is 12.1. The van der Waals surface area contributed by atoms with Gasteiger partial charge in [0.1, 0.15) is 0 Å². The van der Waals surface area contributed by atoms with Crippen LogP contribution in [0.5, 0.6) is 11.5 Å². The smallest absolute Gasteiger partial charge is 0.233 e. The van der Waals surface area contributed by atoms with Crippen LogP contribution in [-0.2, 0) is 11.2 Å². The summed E-state index contributed by atoms with van der Waals surface area (Å²) in [5.41, 5.74) is 4.34. The molecule has 1 aromatic heterocycles. The van der Waals surface area contributed by atoms with E-state index in [0.717, 1.165) is 30.5 Å². The van der Waals surface area contributed by atoms with E-state index in [9.17, 15) is 4.79 Å². The van der Waals surface area contributed by atoms with E-state index in [2.05, 4.69) is 33.7 Å². The van der Waals surface area contributed by atoms with Crippen LogP contribution in [-0.4, -0.2) is 32.7 Å². The zero-order valence-electron chi connectivity index (χ0n) is 19.9. The summed E-state index contributed by atoms with van der Waals surface area (Å²) in [6.45, 7) is 2.13. The number of nitrogens with one attached hydrogen (secondary N) is 1. The van der Waals surface area contributed by atoms with Crippen LogP contribution in [0, 0.1) is 0 Å². The van der Waals surface area contributed by atoms with Crippen molar-refractivity contribution in [3.63, 3.8) is 0 Å². The number of nitrogens with zero attached hydrogens (tertiary/aromatic N) is 3. The van der Waals surface area contributed by atoms with Gasteiger partial charge < -0.3 is 14.8 Å². The van der Waals surface area contributed by atoms with Gasteiger partial charge in [-0.3, -0.25) is 9.36 Å². The molecule has 0 radical (unpaired) electrons. The summed E-state index contributed by atoms with van der Waals surface area (Å²) in [6.07, 6.45) is 3.09. The van der Waals surface area contributed by atoms with Crippen molar-refractivity contribution in [2.45, 2.75) is 42.6 Å². The maximum Gasteiger partial charge on any atom is 0.233 e. The van der Waals surface area contributed by atoms with Crippen molar-refractivity contribution in [1.82, 2.24) is 20.1 Å². The van der Waals surface area contributed by atoms with Crippen molar-refractivity contribution in [3.05, 3.63) is 83.9 Å². The molecular formula is C28H26N4O3S. The lowest BCUT2D eigenvalue weighted by Crippen LogP contribution is -2.36. The number of para-hydroxylation sites is 1. The van der Waals surface area contributed by atoms with Crippen LogP contribution in [0.3, 0.4) is 0 Å². The van der Waals surface area contributed by atoms with Crippen molar-refractivity contribution in [2.75, 3.05) is 6.79 Å². The SMILES string of the molecule is C[C@H](Sc1nnc(-c2ccc3c(c2)OCO3)n1-c1ccccc1)C(=O)N[C@@H]1CCCc2ccccc21. The molecule has 0 saturated heterocycles. The predicted molar refractivity (Wildman–Crippen MR) is 139 cm³/mol. The Bertz CT molecular complexity index is 1410. The van der Waals surface area contributed by atoms with Gasteiger partial charge >= 0.3 is 0 Å². The summed E-state index contributed by atoms with van der Waals surface area (Å²) in [7, 11) is 0. The lowest BCUT2D eigenvalue weighted by Gasteiger charge is -2.27. The average molecular weight is 499 g/mol. The minimum Gasteiger partial charge on any atom is -0.454 e. The van der Waals surface area contributed by atoms with Gasteiger partial charge in [-0.2, -0.15) is 0 Å². The van der Waals surface area contributed by atoms with E-state index in [4.69, 9.17) is 9.47 Å². The molecule has 7 nitrogen and oxygen atoms in total. The van der Waals surface area contributed by atoms with Gasteiger partial charge in [-0.05, 0) is 67.6 Å². The molecule has 1 amide bonds. The monoisotopic (exact) mass is 498 g/mol. The predicted octanol–water partition coefficient (Wildman–Crippen LogP) is 5.34. The Morgan fingerprint density at radius 3 is 2.72 bits per heavy atom. The number of rotatable bonds is 6. The first kappa shape index (κ1) is 22.7. The fourth-order valence-corrected chi connectivity index (χ4v) is 5.66. The van der Waals surface area contributed by atoms with Gasteiger partial charge in [-0.15, -0.1) is 10.2 Å². The highest BCUT2D eigenvalue weighted by Crippen LogP contribution is 2.37. The van der Waals surface area contributed by atoms with Crippen molar-refractivity contribution >= 4 is 17.7 Å². The van der Waals surface area contributed by atoms with Crippen LogP contribution in [0.15, 0.2) is 78.0 Å². The number of benzene rings is 3. The fourth-order valence-electron chi connectivity index (χ4n) is 4.78. The molecule has 182 valence electrons. The molecule has 1 N–H and O–H groups in total. The number of aromatic nitrogens is 3. The molecule has 1 aliphatic carbocycles. The Morgan fingerprint density at radius 1 is 1.03 bits per heavy atom. The molecule has 3 aromatic carbocycles. The second-order valence-electron chi connectivity index (χ2n) is 8.96. The summed E-state index contributed by atoms with van der Waals surface area (Å²) in [4.78, 5) is 13.3. The molecule has 8 heteroatoms. The first-order chi connectivity index (χ1) is 17.7. The molecule has 0 unspecified atom stereocenters. The Labute approximate surface area is 213 Å². The Hall–Kier alpha value is -3.78. The fraction of sp³-hybridized carbons (Fsp3) is 0.250. The van der Waals surface area contributed by atoms with Crippen LogP contribution in [0.25, 0.3) is 17.1 Å². The van der Waals surface area contributed by atoms with Gasteiger partial charge in [0.2, 0.25) is 12.7 Å². The van der Waals surface area contributed by atoms with Crippen LogP contribution in [0.4, 0.5) is 0 Å². The second-order valence-corrected chi connectivity index (χ2v) is 10.3. The summed E-state index contributed by atoms with van der Waals surface area (Å²) in [5.74, 6) is 2.07. The molecule has 0 bridgehead atoms. The Kier molecular flexibility index (Phi) is 6.11. The van der Waals surface area contributed by atoms with E-state index in [1.54, 1.807) is 0 Å². The van der Waals surface area contributed by atoms with Gasteiger partial charge in [-0.25, -0.2) is 0 Å². The number of carbonyl (C=O) groups is 1. The summed E-state index contributed by atoms with van der Waals surface area (Å²) < 4.78 is 13.0. The molecule has 0 spiro atoms. The third-order valence-corrected chi connectivity index (χ3v) is 7.66. The number of carbonyl (C=O) groups excluding carboxylic acids is 1. The van der Waals surface area contributed by atoms with E-state index in [1.807, 2.05) is 66.1 Å². The van der Waals surface area contributed by atoms with Gasteiger partial charge in [0, 0.05) is 11.3 Å². The van der Waals surface area contributed by atoms with Crippen LogP contribution >= 0.6 is 11.8 Å². The molecule has 36 heavy (non-hydrogen) atoms. The molecule has 6 rings (SSSR count). The maximum absolute atomic E-state index is 13.3. The minimum atomic E-state index is -0.352. The highest BCUT2D eigenvalue weighted by Gasteiger charge is 2.27. The largest absolute Gasteiger partial charge is 0.454 e. The lowest BCUT2D eigenvalue weighted by atomic mass is 9.88. The highest BCUT2D eigenvalue weighted by molar-refractivity contribution is 8.00. The van der Waals surface area contributed by atoms with E-state index < -0.39 is 0 Å². The first-order valence-corrected chi connectivity index (χ1v) is 13.0. The van der Waals surface area contributed by atoms with Gasteiger partial charge in [0.15, 0.2) is 22.5 Å². The van der Waals surface area contributed by atoms with E-state index in [0.29, 0.717) is 22.5 Å². The molecule has 1 aliphatic heterocycles. The minimum absolute atomic E-state index is 0.00561. The van der Waals surface area contributed by atoms with Gasteiger partial charge in [-0.1, -0.05) is 54.2 Å². The molecule has 2 aliphatic rings. The number of thioether (sulfide) groups is 1. The average Bonchev–Trinajstić information content (AvgIpc) is 3.56. The van der Waals surface area contributed by atoms with Crippen molar-refractivity contribution in [1.29, 1.82) is 0 Å². The summed E-state index contributed by atoms with van der Waals surface area (Å²) in [5, 5.41) is 12.6. The Balaban J connectivity index is 1.27. The van der Waals surface area contributed by atoms with Crippen LogP contribution in [0.1, 0.15) is 36.9 Å². The molecule has 2 heterocycles. The number of aryl methyl sites for hydroxylation is 1. The summed E-state index contributed by atoms with van der Waals surface area (Å²) >= 11 is 1.41. The third kappa shape index (κ3) is 4.33. The third-order valence-electron chi connectivity index (χ3n) is 6.62. The standard InChI is InChI=1S/C28H26N4O3S/c1-18(27(33)29-23-13-7-9-19-8-5-6-12-22(19)23)36-28-31-30-26(32(28)21-10-3-2-4-11-21)20-14-15-24-25(16-20)35-17-34-24/h2-6,8,10-12,14-16,18,23H,7,9,13,17H2,1H3,(H,29,33)/t18-,23+/m0/s1. The van der Waals surface area contributed by atoms with Gasteiger partial charge in [0.25, 0.3) is 0 Å². The number of hydrogen-bond acceptors (Lipinski definition) is 6. The van der Waals surface area contributed by atoms with E-state index >= 15 is 0 Å². The molecule has 4 aromatic rings. The van der Waals surface area contributed by atoms with Crippen molar-refractivity contribution in [2.24, 2.45) is 0 Å². The normalized spacial score (nSPS) is 16.9. The molecule has 0 saturated carbocycles. The molecular weight excluding hydrogens is 472 g/mol. The molecule has 2 atom stereocenters. The number of ether oxygens (including phenoxy) is 2. The second kappa shape index (κ2) is 9.70. The number of hydrogen-bond donors (Lipinski definition) is 1. The zero-order valence-corrected chi connectivity index (χ0v) is 20.7. The maximum atomic E-state index is 13.3. The topological polar surface area (TPSA) is 78.3 Å². The zero-order chi connectivity index (χ0) is 24.5. The van der Waals surface area contributed by atoms with Gasteiger partial charge in [0.05, 0.1) is 11.3 Å².